The first-order valence-electron chi connectivity index (χ1n) is 5.47. The Morgan fingerprint density at radius 1 is 1.13 bits per heavy atom. The summed E-state index contributed by atoms with van der Waals surface area (Å²) in [7, 11) is 0. The smallest absolute Gasteiger partial charge is 0.123 e. The average molecular weight is 225 g/mol. The highest BCUT2D eigenvalue weighted by molar-refractivity contribution is 8.00. The van der Waals surface area contributed by atoms with Gasteiger partial charge in [-0.3, -0.25) is 0 Å². The van der Waals surface area contributed by atoms with Gasteiger partial charge in [0.15, 0.2) is 0 Å². The predicted molar refractivity (Wildman–Crippen MR) is 62.8 cm³/mol. The van der Waals surface area contributed by atoms with Crippen molar-refractivity contribution in [2.45, 2.75) is 29.4 Å². The molecule has 1 fully saturated rings. The van der Waals surface area contributed by atoms with Crippen LogP contribution >= 0.6 is 11.8 Å². The van der Waals surface area contributed by atoms with E-state index in [1.165, 1.54) is 36.3 Å². The normalized spacial score (nSPS) is 22.3. The highest BCUT2D eigenvalue weighted by Gasteiger charge is 2.12. The molecule has 1 heterocycles. The Bertz CT molecular complexity index is 291. The van der Waals surface area contributed by atoms with E-state index in [1.54, 1.807) is 0 Å². The third-order valence-corrected chi connectivity index (χ3v) is 3.99. The van der Waals surface area contributed by atoms with Gasteiger partial charge in [-0.15, -0.1) is 11.8 Å². The summed E-state index contributed by atoms with van der Waals surface area (Å²) in [5, 5.41) is 4.08. The third-order valence-electron chi connectivity index (χ3n) is 2.64. The molecule has 1 N–H and O–H groups in total. The molecule has 1 nitrogen and oxygen atoms in total. The quantitative estimate of drug-likeness (QED) is 0.830. The molecule has 0 spiro atoms. The number of thioether (sulfide) groups is 1. The van der Waals surface area contributed by atoms with Crippen LogP contribution in [0.2, 0.25) is 0 Å². The molecule has 3 heteroatoms. The summed E-state index contributed by atoms with van der Waals surface area (Å²) >= 11 is 1.88. The van der Waals surface area contributed by atoms with Crippen molar-refractivity contribution in [2.75, 3.05) is 13.1 Å². The Labute approximate surface area is 94.5 Å². The van der Waals surface area contributed by atoms with Gasteiger partial charge in [0.25, 0.3) is 0 Å². The van der Waals surface area contributed by atoms with E-state index in [2.05, 4.69) is 5.32 Å². The molecule has 0 radical (unpaired) electrons. The van der Waals surface area contributed by atoms with Crippen molar-refractivity contribution < 1.29 is 4.39 Å². The zero-order valence-electron chi connectivity index (χ0n) is 8.71. The highest BCUT2D eigenvalue weighted by atomic mass is 32.2. The van der Waals surface area contributed by atoms with E-state index < -0.39 is 0 Å². The fraction of sp³-hybridized carbons (Fsp3) is 0.500. The molecule has 2 rings (SSSR count). The van der Waals surface area contributed by atoms with Gasteiger partial charge in [0.2, 0.25) is 0 Å². The lowest BCUT2D eigenvalue weighted by molar-refractivity contribution is 0.626. The molecule has 0 aromatic heterocycles. The van der Waals surface area contributed by atoms with Gasteiger partial charge >= 0.3 is 0 Å². The third kappa shape index (κ3) is 3.50. The van der Waals surface area contributed by atoms with Crippen molar-refractivity contribution in [3.63, 3.8) is 0 Å². The summed E-state index contributed by atoms with van der Waals surface area (Å²) < 4.78 is 12.7. The van der Waals surface area contributed by atoms with Crippen molar-refractivity contribution >= 4 is 11.8 Å². The van der Waals surface area contributed by atoms with Gasteiger partial charge in [-0.25, -0.2) is 4.39 Å². The van der Waals surface area contributed by atoms with Crippen molar-refractivity contribution in [3.05, 3.63) is 30.1 Å². The molecule has 1 unspecified atom stereocenters. The van der Waals surface area contributed by atoms with Gasteiger partial charge < -0.3 is 5.32 Å². The maximum Gasteiger partial charge on any atom is 0.123 e. The minimum atomic E-state index is -0.151. The fourth-order valence-corrected chi connectivity index (χ4v) is 3.01. The van der Waals surface area contributed by atoms with Crippen LogP contribution in [0.25, 0.3) is 0 Å². The van der Waals surface area contributed by atoms with Gasteiger partial charge in [0.05, 0.1) is 0 Å². The first-order valence-corrected chi connectivity index (χ1v) is 6.35. The molecule has 1 atom stereocenters. The van der Waals surface area contributed by atoms with Crippen LogP contribution in [0.3, 0.4) is 0 Å². The number of hydrogen-bond donors (Lipinski definition) is 1. The summed E-state index contributed by atoms with van der Waals surface area (Å²) in [5.74, 6) is -0.151. The van der Waals surface area contributed by atoms with Crippen molar-refractivity contribution in [1.82, 2.24) is 5.32 Å². The van der Waals surface area contributed by atoms with E-state index in [0.717, 1.165) is 13.1 Å². The van der Waals surface area contributed by atoms with Crippen LogP contribution in [0.4, 0.5) is 4.39 Å². The highest BCUT2D eigenvalue weighted by Crippen LogP contribution is 2.29. The Kier molecular flexibility index (Phi) is 4.03. The van der Waals surface area contributed by atoms with Crippen LogP contribution in [0.15, 0.2) is 29.2 Å². The largest absolute Gasteiger partial charge is 0.317 e. The Balaban J connectivity index is 1.92. The number of benzene rings is 1. The molecule has 1 aromatic carbocycles. The number of halogens is 1. The monoisotopic (exact) mass is 225 g/mol. The van der Waals surface area contributed by atoms with Crippen LogP contribution < -0.4 is 5.32 Å². The minimum absolute atomic E-state index is 0.151. The van der Waals surface area contributed by atoms with Crippen molar-refractivity contribution in [1.29, 1.82) is 0 Å². The van der Waals surface area contributed by atoms with E-state index >= 15 is 0 Å². The van der Waals surface area contributed by atoms with Gasteiger partial charge in [0, 0.05) is 10.1 Å². The fourth-order valence-electron chi connectivity index (χ4n) is 1.81. The molecule has 0 aliphatic carbocycles. The van der Waals surface area contributed by atoms with Crippen LogP contribution in [0.1, 0.15) is 19.3 Å². The summed E-state index contributed by atoms with van der Waals surface area (Å²) in [4.78, 5) is 1.18. The van der Waals surface area contributed by atoms with E-state index in [-0.39, 0.29) is 5.82 Å². The number of hydrogen-bond acceptors (Lipinski definition) is 2. The number of rotatable bonds is 2. The second-order valence-corrected chi connectivity index (χ2v) is 5.25. The topological polar surface area (TPSA) is 12.0 Å². The number of nitrogens with one attached hydrogen (secondary N) is 1. The van der Waals surface area contributed by atoms with Gasteiger partial charge in [0.1, 0.15) is 5.82 Å². The van der Waals surface area contributed by atoms with Crippen LogP contribution in [0.5, 0.6) is 0 Å². The zero-order chi connectivity index (χ0) is 10.5. The Hall–Kier alpha value is -0.540. The molecular formula is C12H16FNS. The second-order valence-electron chi connectivity index (χ2n) is 3.87. The van der Waals surface area contributed by atoms with E-state index in [1.807, 2.05) is 23.9 Å². The molecule has 1 saturated heterocycles. The van der Waals surface area contributed by atoms with Crippen molar-refractivity contribution in [3.8, 4) is 0 Å². The molecule has 0 bridgehead atoms. The standard InChI is InChI=1S/C12H16FNS/c13-10-3-5-12(6-4-10)15-11-2-1-8-14-9-7-11/h3-6,11,14H,1-2,7-9H2. The first kappa shape index (κ1) is 11.0. The van der Waals surface area contributed by atoms with E-state index in [4.69, 9.17) is 0 Å². The molecular weight excluding hydrogens is 209 g/mol. The van der Waals surface area contributed by atoms with Crippen LogP contribution in [-0.4, -0.2) is 18.3 Å². The molecule has 1 aliphatic rings. The predicted octanol–water partition coefficient (Wildman–Crippen LogP) is 3.06. The summed E-state index contributed by atoms with van der Waals surface area (Å²) in [6.07, 6.45) is 3.72. The van der Waals surface area contributed by atoms with Gasteiger partial charge in [-0.1, -0.05) is 0 Å². The molecule has 82 valence electrons. The van der Waals surface area contributed by atoms with Crippen LogP contribution in [0, 0.1) is 5.82 Å². The Morgan fingerprint density at radius 3 is 2.73 bits per heavy atom. The average Bonchev–Trinajstić information content (AvgIpc) is 2.50. The summed E-state index contributed by atoms with van der Waals surface area (Å²) in [5.41, 5.74) is 0. The molecule has 0 saturated carbocycles. The van der Waals surface area contributed by atoms with E-state index in [0.29, 0.717) is 5.25 Å². The second kappa shape index (κ2) is 5.52. The van der Waals surface area contributed by atoms with Crippen molar-refractivity contribution in [2.24, 2.45) is 0 Å². The SMILES string of the molecule is Fc1ccc(SC2CCCNCC2)cc1. The maximum absolute atomic E-state index is 12.7. The van der Waals surface area contributed by atoms with Gasteiger partial charge in [-0.2, -0.15) is 0 Å². The summed E-state index contributed by atoms with van der Waals surface area (Å²) in [6.45, 7) is 2.25. The van der Waals surface area contributed by atoms with Crippen LogP contribution in [-0.2, 0) is 0 Å². The zero-order valence-corrected chi connectivity index (χ0v) is 9.52. The maximum atomic E-state index is 12.7. The lowest BCUT2D eigenvalue weighted by atomic mass is 10.2. The minimum Gasteiger partial charge on any atom is -0.317 e. The van der Waals surface area contributed by atoms with Gasteiger partial charge in [-0.05, 0) is 56.6 Å². The molecule has 1 aromatic rings. The first-order chi connectivity index (χ1) is 7.34. The lowest BCUT2D eigenvalue weighted by Crippen LogP contribution is -2.14. The van der Waals surface area contributed by atoms with E-state index in [9.17, 15) is 4.39 Å². The molecule has 1 aliphatic heterocycles. The lowest BCUT2D eigenvalue weighted by Gasteiger charge is -2.12. The molecule has 0 amide bonds. The molecule has 15 heavy (non-hydrogen) atoms. The Morgan fingerprint density at radius 2 is 1.93 bits per heavy atom. The summed E-state index contributed by atoms with van der Waals surface area (Å²) in [6, 6.07) is 6.82.